The standard InChI is InChI=1S/C10H19N3/c1-9(5-7-11)3-2-4-10(13)6-8-12/h2-4,13H,5-8,11-12H2,1H3/b4-2-,9-3+,13-10?. The highest BCUT2D eigenvalue weighted by atomic mass is 14.5. The smallest absolute Gasteiger partial charge is 0.0326 e. The minimum Gasteiger partial charge on any atom is -0.330 e. The van der Waals surface area contributed by atoms with Crippen LogP contribution in [-0.4, -0.2) is 18.8 Å². The van der Waals surface area contributed by atoms with E-state index in [2.05, 4.69) is 0 Å². The lowest BCUT2D eigenvalue weighted by atomic mass is 10.2. The third-order valence-corrected chi connectivity index (χ3v) is 1.63. The molecule has 0 radical (unpaired) electrons. The summed E-state index contributed by atoms with van der Waals surface area (Å²) in [7, 11) is 0. The molecule has 0 rings (SSSR count). The molecular formula is C10H19N3. The fourth-order valence-electron chi connectivity index (χ4n) is 0.878. The number of hydrogen-bond donors (Lipinski definition) is 3. The van der Waals surface area contributed by atoms with Crippen LogP contribution in [0.2, 0.25) is 0 Å². The van der Waals surface area contributed by atoms with Gasteiger partial charge in [-0.05, 0) is 32.5 Å². The van der Waals surface area contributed by atoms with Crippen LogP contribution >= 0.6 is 0 Å². The Bertz CT molecular complexity index is 204. The number of rotatable bonds is 6. The van der Waals surface area contributed by atoms with Crippen molar-refractivity contribution in [2.45, 2.75) is 19.8 Å². The number of nitrogens with two attached hydrogens (primary N) is 2. The van der Waals surface area contributed by atoms with Gasteiger partial charge in [0.05, 0.1) is 0 Å². The quantitative estimate of drug-likeness (QED) is 0.425. The van der Waals surface area contributed by atoms with E-state index < -0.39 is 0 Å². The van der Waals surface area contributed by atoms with Gasteiger partial charge in [0.15, 0.2) is 0 Å². The van der Waals surface area contributed by atoms with Gasteiger partial charge in [-0.2, -0.15) is 0 Å². The minimum atomic E-state index is 0.536. The first-order valence-corrected chi connectivity index (χ1v) is 4.52. The molecule has 3 heteroatoms. The largest absolute Gasteiger partial charge is 0.330 e. The van der Waals surface area contributed by atoms with E-state index in [1.807, 2.05) is 19.1 Å². The monoisotopic (exact) mass is 181 g/mol. The fourth-order valence-corrected chi connectivity index (χ4v) is 0.878. The average molecular weight is 181 g/mol. The molecule has 0 amide bonds. The highest BCUT2D eigenvalue weighted by Crippen LogP contribution is 1.97. The Kier molecular flexibility index (Phi) is 7.15. The lowest BCUT2D eigenvalue weighted by molar-refractivity contribution is 0.950. The fraction of sp³-hybridized carbons (Fsp3) is 0.500. The Morgan fingerprint density at radius 2 is 1.85 bits per heavy atom. The second-order valence-corrected chi connectivity index (χ2v) is 2.97. The Labute approximate surface area is 80.0 Å². The summed E-state index contributed by atoms with van der Waals surface area (Å²) in [6.07, 6.45) is 7.18. The normalized spacial score (nSPS) is 12.4. The molecule has 0 fully saturated rings. The molecule has 5 N–H and O–H groups in total. The Balaban J connectivity index is 3.84. The Morgan fingerprint density at radius 3 is 2.38 bits per heavy atom. The van der Waals surface area contributed by atoms with Gasteiger partial charge in [0.25, 0.3) is 0 Å². The molecule has 0 unspecified atom stereocenters. The van der Waals surface area contributed by atoms with Gasteiger partial charge in [-0.1, -0.05) is 17.7 Å². The van der Waals surface area contributed by atoms with Crippen molar-refractivity contribution in [3.63, 3.8) is 0 Å². The van der Waals surface area contributed by atoms with Crippen molar-refractivity contribution < 1.29 is 0 Å². The van der Waals surface area contributed by atoms with Crippen molar-refractivity contribution in [2.24, 2.45) is 11.5 Å². The molecule has 0 saturated carbocycles. The zero-order chi connectivity index (χ0) is 10.1. The van der Waals surface area contributed by atoms with Crippen LogP contribution in [0.4, 0.5) is 0 Å². The molecule has 0 aromatic heterocycles. The minimum absolute atomic E-state index is 0.536. The van der Waals surface area contributed by atoms with E-state index >= 15 is 0 Å². The van der Waals surface area contributed by atoms with E-state index in [-0.39, 0.29) is 0 Å². The topological polar surface area (TPSA) is 75.9 Å². The molecular weight excluding hydrogens is 162 g/mol. The Morgan fingerprint density at radius 1 is 1.23 bits per heavy atom. The van der Waals surface area contributed by atoms with Crippen molar-refractivity contribution >= 4 is 5.71 Å². The molecule has 0 aromatic carbocycles. The van der Waals surface area contributed by atoms with E-state index in [1.165, 1.54) is 5.57 Å². The third-order valence-electron chi connectivity index (χ3n) is 1.63. The van der Waals surface area contributed by atoms with Gasteiger partial charge < -0.3 is 16.9 Å². The van der Waals surface area contributed by atoms with Gasteiger partial charge in [0, 0.05) is 12.1 Å². The highest BCUT2D eigenvalue weighted by Gasteiger charge is 1.87. The van der Waals surface area contributed by atoms with E-state index in [0.29, 0.717) is 25.2 Å². The van der Waals surface area contributed by atoms with Gasteiger partial charge in [-0.15, -0.1) is 0 Å². The second-order valence-electron chi connectivity index (χ2n) is 2.97. The van der Waals surface area contributed by atoms with Crippen molar-refractivity contribution in [3.05, 3.63) is 23.8 Å². The maximum atomic E-state index is 7.41. The number of hydrogen-bond acceptors (Lipinski definition) is 3. The molecule has 0 saturated heterocycles. The molecule has 13 heavy (non-hydrogen) atoms. The molecule has 74 valence electrons. The Hall–Kier alpha value is -0.930. The zero-order valence-corrected chi connectivity index (χ0v) is 8.22. The van der Waals surface area contributed by atoms with Crippen molar-refractivity contribution in [3.8, 4) is 0 Å². The molecule has 0 aliphatic heterocycles. The summed E-state index contributed by atoms with van der Waals surface area (Å²) in [6.45, 7) is 3.24. The predicted molar refractivity (Wildman–Crippen MR) is 58.0 cm³/mol. The zero-order valence-electron chi connectivity index (χ0n) is 8.22. The maximum Gasteiger partial charge on any atom is 0.0326 e. The van der Waals surface area contributed by atoms with Crippen LogP contribution in [0.1, 0.15) is 19.8 Å². The van der Waals surface area contributed by atoms with Crippen LogP contribution in [0.5, 0.6) is 0 Å². The first kappa shape index (κ1) is 12.1. The highest BCUT2D eigenvalue weighted by molar-refractivity contribution is 5.92. The van der Waals surface area contributed by atoms with Crippen LogP contribution in [0, 0.1) is 5.41 Å². The van der Waals surface area contributed by atoms with E-state index in [4.69, 9.17) is 16.9 Å². The van der Waals surface area contributed by atoms with Gasteiger partial charge >= 0.3 is 0 Å². The number of nitrogens with one attached hydrogen (secondary N) is 1. The van der Waals surface area contributed by atoms with Crippen molar-refractivity contribution in [2.75, 3.05) is 13.1 Å². The van der Waals surface area contributed by atoms with Crippen LogP contribution in [0.25, 0.3) is 0 Å². The lowest BCUT2D eigenvalue weighted by Gasteiger charge is -1.94. The SMILES string of the molecule is C/C(=C\C=C/C(=N)CCN)CCN. The van der Waals surface area contributed by atoms with Gasteiger partial charge in [0.1, 0.15) is 0 Å². The number of allylic oxidation sites excluding steroid dienone is 3. The summed E-state index contributed by atoms with van der Waals surface area (Å²) >= 11 is 0. The van der Waals surface area contributed by atoms with Crippen LogP contribution in [-0.2, 0) is 0 Å². The summed E-state index contributed by atoms with van der Waals surface area (Å²) in [5.41, 5.74) is 12.5. The van der Waals surface area contributed by atoms with Crippen LogP contribution in [0.15, 0.2) is 23.8 Å². The molecule has 0 bridgehead atoms. The van der Waals surface area contributed by atoms with Crippen LogP contribution in [0.3, 0.4) is 0 Å². The maximum absolute atomic E-state index is 7.41. The van der Waals surface area contributed by atoms with Crippen LogP contribution < -0.4 is 11.5 Å². The van der Waals surface area contributed by atoms with Gasteiger partial charge in [-0.3, -0.25) is 0 Å². The first-order chi connectivity index (χ1) is 6.20. The molecule has 3 nitrogen and oxygen atoms in total. The molecule has 0 atom stereocenters. The second kappa shape index (κ2) is 7.71. The van der Waals surface area contributed by atoms with E-state index in [1.54, 1.807) is 6.08 Å². The molecule has 0 aliphatic carbocycles. The van der Waals surface area contributed by atoms with E-state index in [0.717, 1.165) is 6.42 Å². The third kappa shape index (κ3) is 7.43. The lowest BCUT2D eigenvalue weighted by Crippen LogP contribution is -2.04. The summed E-state index contributed by atoms with van der Waals surface area (Å²) in [5, 5.41) is 7.41. The summed E-state index contributed by atoms with van der Waals surface area (Å²) < 4.78 is 0. The molecule has 0 aliphatic rings. The predicted octanol–water partition coefficient (Wildman–Crippen LogP) is 1.21. The summed E-state index contributed by atoms with van der Waals surface area (Å²) in [5.74, 6) is 0. The molecule has 0 aromatic rings. The van der Waals surface area contributed by atoms with E-state index in [9.17, 15) is 0 Å². The van der Waals surface area contributed by atoms with Gasteiger partial charge in [0.2, 0.25) is 0 Å². The molecule has 0 heterocycles. The first-order valence-electron chi connectivity index (χ1n) is 4.52. The molecule has 0 spiro atoms. The average Bonchev–Trinajstić information content (AvgIpc) is 2.05. The van der Waals surface area contributed by atoms with Crippen molar-refractivity contribution in [1.29, 1.82) is 5.41 Å². The summed E-state index contributed by atoms with van der Waals surface area (Å²) in [4.78, 5) is 0. The van der Waals surface area contributed by atoms with Gasteiger partial charge in [-0.25, -0.2) is 0 Å². The summed E-state index contributed by atoms with van der Waals surface area (Å²) in [6, 6.07) is 0. The van der Waals surface area contributed by atoms with Crippen molar-refractivity contribution in [1.82, 2.24) is 0 Å².